The second kappa shape index (κ2) is 8.85. The van der Waals surface area contributed by atoms with Crippen LogP contribution in [0.2, 0.25) is 0 Å². The summed E-state index contributed by atoms with van der Waals surface area (Å²) in [5.41, 5.74) is -0.948. The van der Waals surface area contributed by atoms with E-state index >= 15 is 0 Å². The fraction of sp³-hybridized carbons (Fsp3) is 0.263. The first kappa shape index (κ1) is 21.4. The monoisotopic (exact) mass is 405 g/mol. The van der Waals surface area contributed by atoms with Gasteiger partial charge in [0.15, 0.2) is 0 Å². The Morgan fingerprint density at radius 1 is 1.04 bits per heavy atom. The van der Waals surface area contributed by atoms with E-state index < -0.39 is 27.6 Å². The Labute approximate surface area is 164 Å². The molecule has 0 aromatic heterocycles. The van der Waals surface area contributed by atoms with Crippen LogP contribution in [0.4, 0.5) is 4.79 Å². The molecule has 0 saturated carbocycles. The van der Waals surface area contributed by atoms with Crippen molar-refractivity contribution in [2.24, 2.45) is 0 Å². The summed E-state index contributed by atoms with van der Waals surface area (Å²) in [6.07, 6.45) is 0.249. The smallest absolute Gasteiger partial charge is 0.321 e. The number of imide groups is 1. The van der Waals surface area contributed by atoms with Gasteiger partial charge in [0.2, 0.25) is 16.4 Å². The van der Waals surface area contributed by atoms with Gasteiger partial charge in [0, 0.05) is 6.04 Å². The van der Waals surface area contributed by atoms with E-state index in [1.807, 2.05) is 23.5 Å². The van der Waals surface area contributed by atoms with E-state index in [1.54, 1.807) is 45.0 Å². The summed E-state index contributed by atoms with van der Waals surface area (Å²) < 4.78 is 33.4. The zero-order chi connectivity index (χ0) is 20.8. The third-order valence-electron chi connectivity index (χ3n) is 4.15. The van der Waals surface area contributed by atoms with Gasteiger partial charge in [-0.3, -0.25) is 10.1 Å². The predicted molar refractivity (Wildman–Crippen MR) is 105 cm³/mol. The number of sulfonamides is 1. The van der Waals surface area contributed by atoms with Gasteiger partial charge >= 0.3 is 6.03 Å². The molecule has 0 heterocycles. The molecule has 28 heavy (non-hydrogen) atoms. The van der Waals surface area contributed by atoms with Crippen LogP contribution < -0.4 is 20.1 Å². The summed E-state index contributed by atoms with van der Waals surface area (Å²) in [6, 6.07) is 13.8. The number of hydrogen-bond donors (Lipinski definition) is 3. The van der Waals surface area contributed by atoms with Crippen LogP contribution >= 0.6 is 0 Å². The maximum Gasteiger partial charge on any atom is 0.321 e. The maximum atomic E-state index is 12.6. The number of amides is 3. The van der Waals surface area contributed by atoms with Crippen molar-refractivity contribution >= 4 is 22.5 Å². The molecule has 2 aromatic rings. The Bertz CT molecular complexity index is 912. The molecular weight excluding hydrogens is 382 g/mol. The normalized spacial score (nSPS) is 12.7. The van der Waals surface area contributed by atoms with E-state index in [9.17, 15) is 18.0 Å². The molecule has 150 valence electrons. The lowest BCUT2D eigenvalue weighted by molar-refractivity contribution is -0.108. The van der Waals surface area contributed by atoms with E-state index in [-0.39, 0.29) is 11.3 Å². The van der Waals surface area contributed by atoms with Gasteiger partial charge in [-0.25, -0.2) is 17.9 Å². The van der Waals surface area contributed by atoms with Crippen LogP contribution in [0, 0.1) is 0 Å². The van der Waals surface area contributed by atoms with Crippen molar-refractivity contribution in [3.05, 3.63) is 54.6 Å². The van der Waals surface area contributed by atoms with Crippen LogP contribution in [0.25, 0.3) is 0 Å². The predicted octanol–water partition coefficient (Wildman–Crippen LogP) is 2.38. The minimum absolute atomic E-state index is 0.0629. The van der Waals surface area contributed by atoms with Gasteiger partial charge in [-0.15, -0.1) is 0 Å². The average Bonchev–Trinajstić information content (AvgIpc) is 2.62. The molecule has 0 radical (unpaired) electrons. The van der Waals surface area contributed by atoms with E-state index in [2.05, 4.69) is 10.0 Å². The number of benzene rings is 2. The molecular formula is C19H23N3O5S. The number of carbonyl (C=O) groups excluding carboxylic acids is 2. The third kappa shape index (κ3) is 5.80. The minimum atomic E-state index is -3.83. The molecule has 1 atom stereocenters. The number of nitrogens with one attached hydrogen (secondary N) is 3. The molecule has 9 heteroatoms. The summed E-state index contributed by atoms with van der Waals surface area (Å²) in [7, 11) is -3.83. The van der Waals surface area contributed by atoms with E-state index in [0.29, 0.717) is 11.5 Å². The second-order valence-electron chi connectivity index (χ2n) is 6.67. The highest BCUT2D eigenvalue weighted by atomic mass is 32.2. The van der Waals surface area contributed by atoms with Crippen LogP contribution in [0.15, 0.2) is 59.5 Å². The van der Waals surface area contributed by atoms with Crippen molar-refractivity contribution in [2.45, 2.75) is 37.2 Å². The number of rotatable bonds is 8. The number of para-hydroxylation sites is 1. The van der Waals surface area contributed by atoms with Gasteiger partial charge in [0.1, 0.15) is 11.5 Å². The molecule has 0 fully saturated rings. The molecule has 0 aliphatic heterocycles. The third-order valence-corrected chi connectivity index (χ3v) is 5.71. The maximum absolute atomic E-state index is 12.6. The molecule has 0 unspecified atom stereocenters. The van der Waals surface area contributed by atoms with E-state index in [1.165, 1.54) is 12.1 Å². The van der Waals surface area contributed by atoms with Gasteiger partial charge in [-0.05, 0) is 57.2 Å². The first-order valence-electron chi connectivity index (χ1n) is 8.52. The lowest BCUT2D eigenvalue weighted by Crippen LogP contribution is -2.59. The van der Waals surface area contributed by atoms with Crippen molar-refractivity contribution in [2.75, 3.05) is 0 Å². The standard InChI is InChI=1S/C19H23N3O5S/c1-14(19(2,3)21-18(24)20-13-23)22-28(25,26)17-11-9-16(10-12-17)27-15-7-5-4-6-8-15/h4-14,22H,1-3H3,(H2,20,21,23,24)/t14-/m1/s1. The van der Waals surface area contributed by atoms with Crippen LogP contribution in [0.3, 0.4) is 0 Å². The van der Waals surface area contributed by atoms with Gasteiger partial charge in [-0.2, -0.15) is 0 Å². The first-order chi connectivity index (χ1) is 13.1. The second-order valence-corrected chi connectivity index (χ2v) is 8.38. The highest BCUT2D eigenvalue weighted by Crippen LogP contribution is 2.23. The average molecular weight is 405 g/mol. The quantitative estimate of drug-likeness (QED) is 0.584. The van der Waals surface area contributed by atoms with Crippen molar-refractivity contribution in [1.29, 1.82) is 0 Å². The fourth-order valence-corrected chi connectivity index (χ4v) is 3.64. The summed E-state index contributed by atoms with van der Waals surface area (Å²) >= 11 is 0. The molecule has 3 N–H and O–H groups in total. The number of ether oxygens (including phenoxy) is 1. The van der Waals surface area contributed by atoms with Crippen molar-refractivity contribution in [3.63, 3.8) is 0 Å². The largest absolute Gasteiger partial charge is 0.457 e. The lowest BCUT2D eigenvalue weighted by Gasteiger charge is -2.32. The summed E-state index contributed by atoms with van der Waals surface area (Å²) in [4.78, 5) is 21.9. The minimum Gasteiger partial charge on any atom is -0.457 e. The molecule has 2 aromatic carbocycles. The van der Waals surface area contributed by atoms with Gasteiger partial charge in [-0.1, -0.05) is 18.2 Å². The molecule has 3 amide bonds. The molecule has 0 aliphatic carbocycles. The van der Waals surface area contributed by atoms with Crippen molar-refractivity contribution in [1.82, 2.24) is 15.4 Å². The Balaban J connectivity index is 2.07. The van der Waals surface area contributed by atoms with E-state index in [4.69, 9.17) is 4.74 Å². The Kier molecular flexibility index (Phi) is 6.76. The van der Waals surface area contributed by atoms with Crippen LogP contribution in [-0.4, -0.2) is 32.4 Å². The number of hydrogen-bond acceptors (Lipinski definition) is 5. The van der Waals surface area contributed by atoms with Crippen LogP contribution in [0.5, 0.6) is 11.5 Å². The van der Waals surface area contributed by atoms with Crippen LogP contribution in [-0.2, 0) is 14.8 Å². The van der Waals surface area contributed by atoms with Crippen molar-refractivity contribution < 1.29 is 22.7 Å². The number of urea groups is 1. The van der Waals surface area contributed by atoms with Crippen LogP contribution in [0.1, 0.15) is 20.8 Å². The lowest BCUT2D eigenvalue weighted by atomic mass is 9.97. The van der Waals surface area contributed by atoms with Gasteiger partial charge < -0.3 is 10.1 Å². The van der Waals surface area contributed by atoms with Crippen molar-refractivity contribution in [3.8, 4) is 11.5 Å². The zero-order valence-electron chi connectivity index (χ0n) is 15.8. The summed E-state index contributed by atoms with van der Waals surface area (Å²) in [6.45, 7) is 4.90. The highest BCUT2D eigenvalue weighted by Gasteiger charge is 2.31. The molecule has 0 bridgehead atoms. The fourth-order valence-electron chi connectivity index (χ4n) is 2.25. The van der Waals surface area contributed by atoms with Gasteiger partial charge in [0.25, 0.3) is 0 Å². The molecule has 8 nitrogen and oxygen atoms in total. The Hall–Kier alpha value is -2.91. The molecule has 0 aliphatic rings. The Morgan fingerprint density at radius 3 is 2.18 bits per heavy atom. The molecule has 0 saturated heterocycles. The molecule has 2 rings (SSSR count). The summed E-state index contributed by atoms with van der Waals surface area (Å²) in [5, 5.41) is 4.49. The van der Waals surface area contributed by atoms with E-state index in [0.717, 1.165) is 0 Å². The SMILES string of the molecule is C[C@@H](NS(=O)(=O)c1ccc(Oc2ccccc2)cc1)C(C)(C)NC(=O)NC=O. The zero-order valence-corrected chi connectivity index (χ0v) is 16.6. The molecule has 0 spiro atoms. The Morgan fingerprint density at radius 2 is 1.61 bits per heavy atom. The first-order valence-corrected chi connectivity index (χ1v) is 10.00. The van der Waals surface area contributed by atoms with Gasteiger partial charge in [0.05, 0.1) is 10.4 Å². The topological polar surface area (TPSA) is 114 Å². The number of carbonyl (C=O) groups is 2. The highest BCUT2D eigenvalue weighted by molar-refractivity contribution is 7.89. The summed E-state index contributed by atoms with van der Waals surface area (Å²) in [5.74, 6) is 1.15.